The van der Waals surface area contributed by atoms with E-state index in [4.69, 9.17) is 4.74 Å². The highest BCUT2D eigenvalue weighted by Gasteiger charge is 2.20. The van der Waals surface area contributed by atoms with Gasteiger partial charge in [-0.25, -0.2) is 8.42 Å². The van der Waals surface area contributed by atoms with E-state index in [9.17, 15) is 18.5 Å². The lowest BCUT2D eigenvalue weighted by Crippen LogP contribution is -2.25. The molecule has 0 radical (unpaired) electrons. The summed E-state index contributed by atoms with van der Waals surface area (Å²) in [6.45, 7) is 2.42. The Morgan fingerprint density at radius 3 is 2.57 bits per heavy atom. The summed E-state index contributed by atoms with van der Waals surface area (Å²) in [5.74, 6) is 0. The molecule has 0 aliphatic carbocycles. The highest BCUT2D eigenvalue weighted by atomic mass is 32.2. The zero-order valence-corrected chi connectivity index (χ0v) is 13.1. The maximum absolute atomic E-state index is 11.5. The van der Waals surface area contributed by atoms with Crippen molar-refractivity contribution in [3.8, 4) is 0 Å². The molecule has 0 fully saturated rings. The third-order valence-electron chi connectivity index (χ3n) is 2.96. The van der Waals surface area contributed by atoms with E-state index >= 15 is 0 Å². The van der Waals surface area contributed by atoms with Gasteiger partial charge in [0.1, 0.15) is 5.69 Å². The minimum atomic E-state index is -3.48. The Labute approximate surface area is 124 Å². The second-order valence-electron chi connectivity index (χ2n) is 4.79. The minimum absolute atomic E-state index is 0.0669. The largest absolute Gasteiger partial charge is 0.383 e. The van der Waals surface area contributed by atoms with Crippen LogP contribution in [0.15, 0.2) is 23.1 Å². The summed E-state index contributed by atoms with van der Waals surface area (Å²) in [5, 5.41) is 14.2. The number of nitro groups is 1. The second-order valence-corrected chi connectivity index (χ2v) is 6.81. The van der Waals surface area contributed by atoms with Crippen LogP contribution >= 0.6 is 0 Å². The van der Waals surface area contributed by atoms with E-state index in [1.54, 1.807) is 7.11 Å². The van der Waals surface area contributed by atoms with Gasteiger partial charge in [-0.1, -0.05) is 13.3 Å². The molecule has 0 spiro atoms. The normalized spacial score (nSPS) is 12.9. The van der Waals surface area contributed by atoms with Gasteiger partial charge in [-0.2, -0.15) is 0 Å². The molecule has 7 nitrogen and oxygen atoms in total. The molecule has 0 saturated heterocycles. The summed E-state index contributed by atoms with van der Waals surface area (Å²) in [5.41, 5.74) is 0.0398. The van der Waals surface area contributed by atoms with E-state index in [2.05, 4.69) is 5.32 Å². The third kappa shape index (κ3) is 4.98. The van der Waals surface area contributed by atoms with Crippen LogP contribution in [0, 0.1) is 10.1 Å². The SMILES string of the molecule is CCCC(COC)Nc1ccc(S(C)(=O)=O)cc1[N+](=O)[O-]. The van der Waals surface area contributed by atoms with Crippen LogP contribution in [0.3, 0.4) is 0 Å². The van der Waals surface area contributed by atoms with Gasteiger partial charge in [-0.3, -0.25) is 10.1 Å². The molecular formula is C13H20N2O5S. The number of nitrogens with zero attached hydrogens (tertiary/aromatic N) is 1. The van der Waals surface area contributed by atoms with E-state index in [1.807, 2.05) is 6.92 Å². The molecule has 0 heterocycles. The molecule has 21 heavy (non-hydrogen) atoms. The summed E-state index contributed by atoms with van der Waals surface area (Å²) in [6, 6.07) is 3.80. The predicted molar refractivity (Wildman–Crippen MR) is 80.4 cm³/mol. The van der Waals surface area contributed by atoms with Crippen molar-refractivity contribution in [1.29, 1.82) is 0 Å². The maximum Gasteiger partial charge on any atom is 0.293 e. The van der Waals surface area contributed by atoms with Gasteiger partial charge < -0.3 is 10.1 Å². The zero-order chi connectivity index (χ0) is 16.0. The van der Waals surface area contributed by atoms with Crippen LogP contribution in [-0.4, -0.2) is 39.4 Å². The molecule has 0 aliphatic rings. The Morgan fingerprint density at radius 1 is 1.43 bits per heavy atom. The first-order valence-electron chi connectivity index (χ1n) is 6.53. The first-order chi connectivity index (χ1) is 9.79. The van der Waals surface area contributed by atoms with Crippen LogP contribution in [-0.2, 0) is 14.6 Å². The van der Waals surface area contributed by atoms with Crippen LogP contribution < -0.4 is 5.32 Å². The Bertz CT molecular complexity index is 595. The molecular weight excluding hydrogens is 296 g/mol. The minimum Gasteiger partial charge on any atom is -0.383 e. The number of anilines is 1. The standard InChI is InChI=1S/C13H20N2O5S/c1-4-5-10(9-20-2)14-12-7-6-11(21(3,18)19)8-13(12)15(16)17/h6-8,10,14H,4-5,9H2,1-3H3. The molecule has 0 aromatic heterocycles. The highest BCUT2D eigenvalue weighted by Crippen LogP contribution is 2.28. The van der Waals surface area contributed by atoms with Gasteiger partial charge in [0.2, 0.25) is 0 Å². The second kappa shape index (κ2) is 7.37. The predicted octanol–water partition coefficient (Wildman–Crippen LogP) is 2.23. The topological polar surface area (TPSA) is 98.5 Å². The van der Waals surface area contributed by atoms with Crippen molar-refractivity contribution in [1.82, 2.24) is 0 Å². The van der Waals surface area contributed by atoms with E-state index in [0.717, 1.165) is 25.2 Å². The van der Waals surface area contributed by atoms with Gasteiger partial charge >= 0.3 is 0 Å². The molecule has 0 amide bonds. The van der Waals surface area contributed by atoms with Crippen molar-refractivity contribution >= 4 is 21.2 Å². The molecule has 1 aromatic carbocycles. The first kappa shape index (κ1) is 17.4. The number of nitro benzene ring substituents is 1. The monoisotopic (exact) mass is 316 g/mol. The van der Waals surface area contributed by atoms with Crippen LogP contribution in [0.1, 0.15) is 19.8 Å². The van der Waals surface area contributed by atoms with Crippen LogP contribution in [0.5, 0.6) is 0 Å². The van der Waals surface area contributed by atoms with E-state index in [1.165, 1.54) is 12.1 Å². The van der Waals surface area contributed by atoms with Gasteiger partial charge in [0.05, 0.1) is 16.4 Å². The molecule has 0 bridgehead atoms. The van der Waals surface area contributed by atoms with Crippen molar-refractivity contribution in [3.63, 3.8) is 0 Å². The Balaban J connectivity index is 3.14. The molecule has 0 aliphatic heterocycles. The number of sulfone groups is 1. The Morgan fingerprint density at radius 2 is 2.10 bits per heavy atom. The smallest absolute Gasteiger partial charge is 0.293 e. The molecule has 1 rings (SSSR count). The maximum atomic E-state index is 11.5. The number of hydrogen-bond donors (Lipinski definition) is 1. The quantitative estimate of drug-likeness (QED) is 0.583. The fraction of sp³-hybridized carbons (Fsp3) is 0.538. The Hall–Kier alpha value is -1.67. The molecule has 8 heteroatoms. The van der Waals surface area contributed by atoms with Crippen LogP contribution in [0.2, 0.25) is 0 Å². The fourth-order valence-electron chi connectivity index (χ4n) is 1.98. The molecule has 1 unspecified atom stereocenters. The number of hydrogen-bond acceptors (Lipinski definition) is 6. The van der Waals surface area contributed by atoms with Gasteiger partial charge in [-0.15, -0.1) is 0 Å². The average Bonchev–Trinajstić information content (AvgIpc) is 2.38. The van der Waals surface area contributed by atoms with E-state index in [0.29, 0.717) is 12.3 Å². The summed E-state index contributed by atoms with van der Waals surface area (Å²) in [7, 11) is -1.92. The number of ether oxygens (including phenoxy) is 1. The first-order valence-corrected chi connectivity index (χ1v) is 8.42. The lowest BCUT2D eigenvalue weighted by Gasteiger charge is -2.18. The van der Waals surface area contributed by atoms with Crippen molar-refractivity contribution < 1.29 is 18.1 Å². The van der Waals surface area contributed by atoms with Crippen molar-refractivity contribution in [2.75, 3.05) is 25.3 Å². The van der Waals surface area contributed by atoms with Crippen LogP contribution in [0.4, 0.5) is 11.4 Å². The molecule has 118 valence electrons. The van der Waals surface area contributed by atoms with E-state index < -0.39 is 14.8 Å². The van der Waals surface area contributed by atoms with Crippen LogP contribution in [0.25, 0.3) is 0 Å². The number of rotatable bonds is 8. The fourth-order valence-corrected chi connectivity index (χ4v) is 2.62. The lowest BCUT2D eigenvalue weighted by molar-refractivity contribution is -0.384. The summed E-state index contributed by atoms with van der Waals surface area (Å²) in [4.78, 5) is 10.5. The van der Waals surface area contributed by atoms with Gasteiger partial charge in [0.25, 0.3) is 5.69 Å². The van der Waals surface area contributed by atoms with Gasteiger partial charge in [0.15, 0.2) is 9.84 Å². The number of benzene rings is 1. The average molecular weight is 316 g/mol. The summed E-state index contributed by atoms with van der Waals surface area (Å²) < 4.78 is 28.0. The van der Waals surface area contributed by atoms with Crippen molar-refractivity contribution in [2.45, 2.75) is 30.7 Å². The van der Waals surface area contributed by atoms with Crippen molar-refractivity contribution in [2.24, 2.45) is 0 Å². The molecule has 1 aromatic rings. The third-order valence-corrected chi connectivity index (χ3v) is 4.07. The summed E-state index contributed by atoms with van der Waals surface area (Å²) >= 11 is 0. The van der Waals surface area contributed by atoms with Crippen molar-refractivity contribution in [3.05, 3.63) is 28.3 Å². The molecule has 0 saturated carbocycles. The number of nitrogens with one attached hydrogen (secondary N) is 1. The highest BCUT2D eigenvalue weighted by molar-refractivity contribution is 7.90. The van der Waals surface area contributed by atoms with Gasteiger partial charge in [-0.05, 0) is 18.6 Å². The zero-order valence-electron chi connectivity index (χ0n) is 12.3. The lowest BCUT2D eigenvalue weighted by atomic mass is 10.1. The Kier molecular flexibility index (Phi) is 6.10. The summed E-state index contributed by atoms with van der Waals surface area (Å²) in [6.07, 6.45) is 2.71. The van der Waals surface area contributed by atoms with Gasteiger partial charge in [0, 0.05) is 25.5 Å². The number of methoxy groups -OCH3 is 1. The van der Waals surface area contributed by atoms with E-state index in [-0.39, 0.29) is 16.6 Å². The molecule has 1 atom stereocenters. The molecule has 1 N–H and O–H groups in total.